The summed E-state index contributed by atoms with van der Waals surface area (Å²) in [7, 11) is 0. The molecule has 1 aliphatic rings. The summed E-state index contributed by atoms with van der Waals surface area (Å²) < 4.78 is 3.10. The molecule has 0 fully saturated rings. The van der Waals surface area contributed by atoms with Gasteiger partial charge in [0.05, 0.1) is 0 Å². The lowest BCUT2D eigenvalue weighted by Gasteiger charge is -2.01. The van der Waals surface area contributed by atoms with E-state index < -0.39 is 0 Å². The molecule has 1 unspecified atom stereocenters. The fraction of sp³-hybridized carbons (Fsp3) is 0.800. The summed E-state index contributed by atoms with van der Waals surface area (Å²) in [6.07, 6.45) is 2.49. The molecule has 1 rings (SSSR count). The minimum absolute atomic E-state index is 0.264. The highest BCUT2D eigenvalue weighted by Crippen LogP contribution is 2.11. The number of hydrogen-bond donors (Lipinski definition) is 2. The van der Waals surface area contributed by atoms with Gasteiger partial charge in [0.2, 0.25) is 0 Å². The Bertz CT molecular complexity index is 123. The first-order valence-corrected chi connectivity index (χ1v) is 3.90. The average molecular weight is 145 g/mol. The van der Waals surface area contributed by atoms with Crippen LogP contribution in [0.1, 0.15) is 19.8 Å². The van der Waals surface area contributed by atoms with Crippen LogP contribution in [0.5, 0.6) is 0 Å². The summed E-state index contributed by atoms with van der Waals surface area (Å²) in [5, 5.41) is 0.661. The van der Waals surface area contributed by atoms with Crippen LogP contribution in [0, 0.1) is 0 Å². The van der Waals surface area contributed by atoms with Crippen LogP contribution in [0.15, 0.2) is 4.99 Å². The first kappa shape index (κ1) is 6.89. The van der Waals surface area contributed by atoms with E-state index in [-0.39, 0.29) is 6.17 Å². The molecule has 3 nitrogen and oxygen atoms in total. The molecule has 0 radical (unpaired) electrons. The number of hydrogen-bond acceptors (Lipinski definition) is 4. The zero-order valence-corrected chi connectivity index (χ0v) is 6.24. The summed E-state index contributed by atoms with van der Waals surface area (Å²) >= 11 is 1.42. The molecule has 1 heterocycles. The third kappa shape index (κ3) is 1.87. The lowest BCUT2D eigenvalue weighted by atomic mass is 10.3. The Balaban J connectivity index is 2.29. The van der Waals surface area contributed by atoms with Gasteiger partial charge in [0.25, 0.3) is 0 Å². The van der Waals surface area contributed by atoms with Gasteiger partial charge in [-0.2, -0.15) is 0 Å². The van der Waals surface area contributed by atoms with Crippen molar-refractivity contribution in [3.8, 4) is 0 Å². The number of nitrogens with zero attached hydrogens (tertiary/aromatic N) is 1. The highest BCUT2D eigenvalue weighted by molar-refractivity contribution is 8.12. The topological polar surface area (TPSA) is 50.4 Å². The molecule has 0 bridgehead atoms. The number of aliphatic imine (C=N–C) groups is 1. The molecule has 0 spiro atoms. The molecule has 1 atom stereocenters. The second-order valence-corrected chi connectivity index (χ2v) is 2.85. The van der Waals surface area contributed by atoms with Crippen molar-refractivity contribution in [2.24, 2.45) is 10.7 Å². The van der Waals surface area contributed by atoms with E-state index in [0.29, 0.717) is 5.17 Å². The molecule has 4 heteroatoms. The van der Waals surface area contributed by atoms with Crippen molar-refractivity contribution in [1.82, 2.24) is 4.72 Å². The molecule has 0 saturated heterocycles. The molecule has 52 valence electrons. The molecule has 0 saturated carbocycles. The standard InChI is InChI=1S/C5H11N3S/c1-2-3-4-7-5(6)9-8-4/h4,8H,2-3H2,1H3,(H2,6,7). The lowest BCUT2D eigenvalue weighted by molar-refractivity contribution is 0.605. The van der Waals surface area contributed by atoms with E-state index in [1.165, 1.54) is 11.9 Å². The van der Waals surface area contributed by atoms with Crippen LogP contribution >= 0.6 is 11.9 Å². The van der Waals surface area contributed by atoms with Gasteiger partial charge in [-0.3, -0.25) is 0 Å². The molecular formula is C5H11N3S. The lowest BCUT2D eigenvalue weighted by Crippen LogP contribution is -2.14. The third-order valence-electron chi connectivity index (χ3n) is 1.14. The number of nitrogens with one attached hydrogen (secondary N) is 1. The monoisotopic (exact) mass is 145 g/mol. The number of nitrogens with two attached hydrogens (primary N) is 1. The summed E-state index contributed by atoms with van der Waals surface area (Å²) in [6.45, 7) is 2.14. The van der Waals surface area contributed by atoms with Gasteiger partial charge in [0.15, 0.2) is 5.17 Å². The molecule has 0 aromatic heterocycles. The van der Waals surface area contributed by atoms with Crippen LogP contribution in [0.4, 0.5) is 0 Å². The molecular weight excluding hydrogens is 134 g/mol. The van der Waals surface area contributed by atoms with Crippen LogP contribution in [0.2, 0.25) is 0 Å². The number of amidine groups is 1. The summed E-state index contributed by atoms with van der Waals surface area (Å²) in [5.74, 6) is 0. The second-order valence-electron chi connectivity index (χ2n) is 1.99. The van der Waals surface area contributed by atoms with Gasteiger partial charge in [0.1, 0.15) is 6.17 Å². The van der Waals surface area contributed by atoms with Crippen molar-refractivity contribution in [2.45, 2.75) is 25.9 Å². The average Bonchev–Trinajstić information content (AvgIpc) is 2.17. The van der Waals surface area contributed by atoms with E-state index in [1.807, 2.05) is 0 Å². The SMILES string of the molecule is CCCC1N=C(N)SN1. The molecule has 0 aromatic rings. The zero-order valence-electron chi connectivity index (χ0n) is 5.42. The quantitative estimate of drug-likeness (QED) is 0.562. The van der Waals surface area contributed by atoms with E-state index in [9.17, 15) is 0 Å². The Labute approximate surface area is 59.2 Å². The summed E-state index contributed by atoms with van der Waals surface area (Å²) in [5.41, 5.74) is 5.41. The van der Waals surface area contributed by atoms with Gasteiger partial charge in [-0.05, 0) is 18.4 Å². The maximum atomic E-state index is 5.41. The van der Waals surface area contributed by atoms with Gasteiger partial charge in [-0.1, -0.05) is 13.3 Å². The molecule has 0 aliphatic carbocycles. The van der Waals surface area contributed by atoms with Crippen molar-refractivity contribution in [1.29, 1.82) is 0 Å². The van der Waals surface area contributed by atoms with Crippen LogP contribution in [-0.4, -0.2) is 11.3 Å². The highest BCUT2D eigenvalue weighted by atomic mass is 32.2. The van der Waals surface area contributed by atoms with Gasteiger partial charge >= 0.3 is 0 Å². The van der Waals surface area contributed by atoms with E-state index in [1.54, 1.807) is 0 Å². The Morgan fingerprint density at radius 1 is 1.89 bits per heavy atom. The minimum atomic E-state index is 0.264. The second kappa shape index (κ2) is 3.08. The van der Waals surface area contributed by atoms with E-state index >= 15 is 0 Å². The zero-order chi connectivity index (χ0) is 6.69. The Kier molecular flexibility index (Phi) is 2.36. The van der Waals surface area contributed by atoms with Gasteiger partial charge < -0.3 is 5.73 Å². The fourth-order valence-corrected chi connectivity index (χ4v) is 1.34. The van der Waals surface area contributed by atoms with Crippen molar-refractivity contribution < 1.29 is 0 Å². The maximum absolute atomic E-state index is 5.41. The van der Waals surface area contributed by atoms with E-state index in [0.717, 1.165) is 12.8 Å². The molecule has 0 amide bonds. The van der Waals surface area contributed by atoms with Crippen molar-refractivity contribution in [3.05, 3.63) is 0 Å². The Morgan fingerprint density at radius 2 is 2.67 bits per heavy atom. The predicted octanol–water partition coefficient (Wildman–Crippen LogP) is 0.679. The van der Waals surface area contributed by atoms with E-state index in [2.05, 4.69) is 16.6 Å². The fourth-order valence-electron chi connectivity index (χ4n) is 0.732. The Morgan fingerprint density at radius 3 is 3.11 bits per heavy atom. The van der Waals surface area contributed by atoms with Gasteiger partial charge in [0, 0.05) is 0 Å². The minimum Gasteiger partial charge on any atom is -0.377 e. The largest absolute Gasteiger partial charge is 0.377 e. The molecule has 0 aromatic carbocycles. The summed E-state index contributed by atoms with van der Waals surface area (Å²) in [6, 6.07) is 0. The van der Waals surface area contributed by atoms with Crippen LogP contribution in [0.25, 0.3) is 0 Å². The summed E-state index contributed by atoms with van der Waals surface area (Å²) in [4.78, 5) is 4.12. The maximum Gasteiger partial charge on any atom is 0.170 e. The predicted molar refractivity (Wildman–Crippen MR) is 41.0 cm³/mol. The molecule has 3 N–H and O–H groups in total. The van der Waals surface area contributed by atoms with Crippen LogP contribution in [0.3, 0.4) is 0 Å². The third-order valence-corrected chi connectivity index (χ3v) is 1.85. The number of rotatable bonds is 2. The first-order valence-electron chi connectivity index (χ1n) is 3.08. The van der Waals surface area contributed by atoms with Crippen molar-refractivity contribution in [2.75, 3.05) is 0 Å². The smallest absolute Gasteiger partial charge is 0.170 e. The molecule has 1 aliphatic heterocycles. The van der Waals surface area contributed by atoms with E-state index in [4.69, 9.17) is 5.73 Å². The molecule has 9 heavy (non-hydrogen) atoms. The van der Waals surface area contributed by atoms with Gasteiger partial charge in [-0.15, -0.1) is 0 Å². The van der Waals surface area contributed by atoms with Crippen LogP contribution < -0.4 is 10.5 Å². The first-order chi connectivity index (χ1) is 4.33. The van der Waals surface area contributed by atoms with Crippen LogP contribution in [-0.2, 0) is 0 Å². The normalized spacial score (nSPS) is 26.3. The van der Waals surface area contributed by atoms with Crippen molar-refractivity contribution in [3.63, 3.8) is 0 Å². The highest BCUT2D eigenvalue weighted by Gasteiger charge is 2.12. The van der Waals surface area contributed by atoms with Gasteiger partial charge in [-0.25, -0.2) is 9.71 Å². The Hall–Kier alpha value is -0.220. The van der Waals surface area contributed by atoms with Crippen molar-refractivity contribution >= 4 is 17.1 Å².